The first kappa shape index (κ1) is 16.1. The summed E-state index contributed by atoms with van der Waals surface area (Å²) in [6.45, 7) is 0. The molecule has 1 aliphatic carbocycles. The highest BCUT2D eigenvalue weighted by Crippen LogP contribution is 2.35. The lowest BCUT2D eigenvalue weighted by atomic mass is 9.97. The van der Waals surface area contributed by atoms with Crippen molar-refractivity contribution in [1.82, 2.24) is 4.57 Å². The average molecular weight is 345 g/mol. The van der Waals surface area contributed by atoms with Crippen molar-refractivity contribution >= 4 is 11.6 Å². The van der Waals surface area contributed by atoms with Crippen LogP contribution < -0.4 is 16.6 Å². The van der Waals surface area contributed by atoms with Gasteiger partial charge in [-0.15, -0.1) is 0 Å². The van der Waals surface area contributed by atoms with Gasteiger partial charge in [-0.2, -0.15) is 0 Å². The maximum absolute atomic E-state index is 12.0. The SMILES string of the molecule is NC(=O)C1c2ccccc2CC1Nc1ccc(-n2ccccc2=O)cc1. The van der Waals surface area contributed by atoms with Crippen LogP contribution >= 0.6 is 0 Å². The summed E-state index contributed by atoms with van der Waals surface area (Å²) in [5.41, 5.74) is 9.42. The van der Waals surface area contributed by atoms with E-state index in [2.05, 4.69) is 5.32 Å². The number of hydrogen-bond donors (Lipinski definition) is 2. The van der Waals surface area contributed by atoms with Gasteiger partial charge in [0.25, 0.3) is 5.56 Å². The summed E-state index contributed by atoms with van der Waals surface area (Å²) in [7, 11) is 0. The molecule has 2 atom stereocenters. The first-order valence-corrected chi connectivity index (χ1v) is 8.55. The number of aromatic nitrogens is 1. The Balaban J connectivity index is 1.57. The summed E-state index contributed by atoms with van der Waals surface area (Å²) in [5.74, 6) is -0.664. The third kappa shape index (κ3) is 2.88. The molecule has 2 unspecified atom stereocenters. The monoisotopic (exact) mass is 345 g/mol. The minimum Gasteiger partial charge on any atom is -0.381 e. The molecule has 1 amide bonds. The van der Waals surface area contributed by atoms with Gasteiger partial charge in [0.15, 0.2) is 0 Å². The lowest BCUT2D eigenvalue weighted by Gasteiger charge is -2.20. The second-order valence-electron chi connectivity index (χ2n) is 6.49. The Kier molecular flexibility index (Phi) is 4.05. The van der Waals surface area contributed by atoms with E-state index in [9.17, 15) is 9.59 Å². The number of carbonyl (C=O) groups excluding carboxylic acids is 1. The maximum Gasteiger partial charge on any atom is 0.255 e. The van der Waals surface area contributed by atoms with Crippen LogP contribution in [0.4, 0.5) is 5.69 Å². The maximum atomic E-state index is 12.0. The molecule has 5 nitrogen and oxygen atoms in total. The van der Waals surface area contributed by atoms with Crippen LogP contribution in [0.15, 0.2) is 77.7 Å². The first-order chi connectivity index (χ1) is 12.6. The number of fused-ring (bicyclic) bond motifs is 1. The molecule has 0 aliphatic heterocycles. The highest BCUT2D eigenvalue weighted by molar-refractivity contribution is 5.85. The zero-order valence-electron chi connectivity index (χ0n) is 14.1. The van der Waals surface area contributed by atoms with Gasteiger partial charge < -0.3 is 11.1 Å². The van der Waals surface area contributed by atoms with Crippen LogP contribution in [-0.4, -0.2) is 16.5 Å². The van der Waals surface area contributed by atoms with Crippen molar-refractivity contribution in [2.75, 3.05) is 5.32 Å². The number of anilines is 1. The van der Waals surface area contributed by atoms with Crippen LogP contribution in [0.5, 0.6) is 0 Å². The van der Waals surface area contributed by atoms with Gasteiger partial charge in [0.1, 0.15) is 0 Å². The van der Waals surface area contributed by atoms with E-state index in [1.165, 1.54) is 6.07 Å². The number of hydrogen-bond acceptors (Lipinski definition) is 3. The number of rotatable bonds is 4. The first-order valence-electron chi connectivity index (χ1n) is 8.55. The molecule has 2 aromatic carbocycles. The van der Waals surface area contributed by atoms with Gasteiger partial charge in [0, 0.05) is 29.7 Å². The summed E-state index contributed by atoms with van der Waals surface area (Å²) < 4.78 is 1.58. The van der Waals surface area contributed by atoms with Crippen molar-refractivity contribution in [2.24, 2.45) is 5.73 Å². The third-order valence-electron chi connectivity index (χ3n) is 4.86. The van der Waals surface area contributed by atoms with Crippen molar-refractivity contribution in [3.63, 3.8) is 0 Å². The fourth-order valence-electron chi connectivity index (χ4n) is 3.65. The van der Waals surface area contributed by atoms with Gasteiger partial charge in [-0.3, -0.25) is 14.2 Å². The lowest BCUT2D eigenvalue weighted by Crippen LogP contribution is -2.33. The molecule has 0 fully saturated rings. The quantitative estimate of drug-likeness (QED) is 0.762. The number of pyridine rings is 1. The number of benzene rings is 2. The molecule has 0 saturated carbocycles. The van der Waals surface area contributed by atoms with E-state index in [-0.39, 0.29) is 23.4 Å². The van der Waals surface area contributed by atoms with Crippen LogP contribution in [-0.2, 0) is 11.2 Å². The fraction of sp³-hybridized carbons (Fsp3) is 0.143. The van der Waals surface area contributed by atoms with Crippen molar-refractivity contribution in [3.05, 3.63) is 94.4 Å². The largest absolute Gasteiger partial charge is 0.381 e. The molecule has 5 heteroatoms. The number of nitrogens with zero attached hydrogens (tertiary/aromatic N) is 1. The van der Waals surface area contributed by atoms with Gasteiger partial charge >= 0.3 is 0 Å². The van der Waals surface area contributed by atoms with E-state index in [1.54, 1.807) is 16.8 Å². The van der Waals surface area contributed by atoms with Crippen molar-refractivity contribution in [2.45, 2.75) is 18.4 Å². The predicted octanol–water partition coefficient (Wildman–Crippen LogP) is 2.44. The molecule has 1 heterocycles. The smallest absolute Gasteiger partial charge is 0.255 e. The average Bonchev–Trinajstić information content (AvgIpc) is 3.01. The van der Waals surface area contributed by atoms with Gasteiger partial charge in [0.2, 0.25) is 5.91 Å². The molecule has 0 spiro atoms. The molecular formula is C21H19N3O2. The molecule has 1 aromatic heterocycles. The standard InChI is InChI=1S/C21H19N3O2/c22-21(26)20-17-6-2-1-5-14(17)13-18(20)23-15-8-10-16(11-9-15)24-12-4-3-7-19(24)25/h1-12,18,20,23H,13H2,(H2,22,26). The number of amides is 1. The van der Waals surface area contributed by atoms with Crippen molar-refractivity contribution < 1.29 is 4.79 Å². The molecule has 0 bridgehead atoms. The second kappa shape index (κ2) is 6.52. The van der Waals surface area contributed by atoms with Crippen molar-refractivity contribution in [1.29, 1.82) is 0 Å². The molecule has 1 aliphatic rings. The highest BCUT2D eigenvalue weighted by atomic mass is 16.1. The van der Waals surface area contributed by atoms with E-state index in [4.69, 9.17) is 5.73 Å². The Bertz CT molecular complexity index is 1010. The summed E-state index contributed by atoms with van der Waals surface area (Å²) in [6.07, 6.45) is 2.49. The lowest BCUT2D eigenvalue weighted by molar-refractivity contribution is -0.119. The predicted molar refractivity (Wildman–Crippen MR) is 102 cm³/mol. The fourth-order valence-corrected chi connectivity index (χ4v) is 3.65. The van der Waals surface area contributed by atoms with E-state index in [1.807, 2.05) is 54.6 Å². The molecule has 26 heavy (non-hydrogen) atoms. The van der Waals surface area contributed by atoms with E-state index in [0.29, 0.717) is 0 Å². The Morgan fingerprint density at radius 2 is 1.73 bits per heavy atom. The van der Waals surface area contributed by atoms with Gasteiger partial charge in [-0.05, 0) is 47.9 Å². The van der Waals surface area contributed by atoms with Crippen LogP contribution in [0, 0.1) is 0 Å². The van der Waals surface area contributed by atoms with Gasteiger partial charge in [-0.25, -0.2) is 0 Å². The molecule has 4 rings (SSSR count). The molecular weight excluding hydrogens is 326 g/mol. The number of nitrogens with one attached hydrogen (secondary N) is 1. The van der Waals surface area contributed by atoms with Crippen LogP contribution in [0.25, 0.3) is 5.69 Å². The zero-order chi connectivity index (χ0) is 18.1. The van der Waals surface area contributed by atoms with E-state index < -0.39 is 0 Å². The summed E-state index contributed by atoms with van der Waals surface area (Å²) in [6, 6.07) is 20.5. The molecule has 3 N–H and O–H groups in total. The van der Waals surface area contributed by atoms with Gasteiger partial charge in [-0.1, -0.05) is 30.3 Å². The second-order valence-corrected chi connectivity index (χ2v) is 6.49. The summed E-state index contributed by atoms with van der Waals surface area (Å²) in [4.78, 5) is 23.9. The van der Waals surface area contributed by atoms with Gasteiger partial charge in [0.05, 0.1) is 5.92 Å². The number of nitrogens with two attached hydrogens (primary N) is 1. The topological polar surface area (TPSA) is 77.1 Å². The summed E-state index contributed by atoms with van der Waals surface area (Å²) >= 11 is 0. The van der Waals surface area contributed by atoms with E-state index >= 15 is 0 Å². The van der Waals surface area contributed by atoms with Crippen LogP contribution in [0.1, 0.15) is 17.0 Å². The number of primary amides is 1. The van der Waals surface area contributed by atoms with E-state index in [0.717, 1.165) is 28.9 Å². The minimum atomic E-state index is -0.345. The molecule has 0 radical (unpaired) electrons. The molecule has 3 aromatic rings. The highest BCUT2D eigenvalue weighted by Gasteiger charge is 2.36. The Morgan fingerprint density at radius 1 is 1.00 bits per heavy atom. The number of carbonyl (C=O) groups is 1. The molecule has 130 valence electrons. The van der Waals surface area contributed by atoms with Crippen LogP contribution in [0.3, 0.4) is 0 Å². The molecule has 0 saturated heterocycles. The van der Waals surface area contributed by atoms with Crippen molar-refractivity contribution in [3.8, 4) is 5.69 Å². The zero-order valence-corrected chi connectivity index (χ0v) is 14.1. The van der Waals surface area contributed by atoms with Crippen LogP contribution in [0.2, 0.25) is 0 Å². The Labute approximate surface area is 151 Å². The Hall–Kier alpha value is -3.34. The summed E-state index contributed by atoms with van der Waals surface area (Å²) in [5, 5.41) is 3.42. The Morgan fingerprint density at radius 3 is 2.46 bits per heavy atom. The normalized spacial score (nSPS) is 18.3. The third-order valence-corrected chi connectivity index (χ3v) is 4.86. The minimum absolute atomic E-state index is 0.0739.